The van der Waals surface area contributed by atoms with Crippen molar-refractivity contribution in [3.05, 3.63) is 62.5 Å². The van der Waals surface area contributed by atoms with E-state index >= 15 is 0 Å². The third kappa shape index (κ3) is 3.68. The third-order valence-electron chi connectivity index (χ3n) is 7.11. The molecule has 1 aromatic carbocycles. The molecule has 1 fully saturated rings. The Morgan fingerprint density at radius 1 is 1.24 bits per heavy atom. The number of ether oxygens (including phenoxy) is 1. The maximum absolute atomic E-state index is 13.3. The van der Waals surface area contributed by atoms with Gasteiger partial charge in [0.2, 0.25) is 5.91 Å². The Hall–Kier alpha value is -2.26. The largest absolute Gasteiger partial charge is 0.378 e. The van der Waals surface area contributed by atoms with E-state index in [1.165, 1.54) is 21.0 Å². The van der Waals surface area contributed by atoms with Crippen LogP contribution in [-0.4, -0.2) is 51.9 Å². The summed E-state index contributed by atoms with van der Waals surface area (Å²) in [6, 6.07) is 7.99. The number of carbonyl (C=O) groups excluding carboxylic acids is 1. The average molecular weight is 498 g/mol. The van der Waals surface area contributed by atoms with Crippen molar-refractivity contribution in [2.45, 2.75) is 45.2 Å². The zero-order valence-electron chi connectivity index (χ0n) is 19.2. The summed E-state index contributed by atoms with van der Waals surface area (Å²) < 4.78 is 7.71. The van der Waals surface area contributed by atoms with Crippen LogP contribution >= 0.6 is 22.9 Å². The molecule has 0 radical (unpaired) electrons. The summed E-state index contributed by atoms with van der Waals surface area (Å²) in [6.07, 6.45) is 3.44. The first-order chi connectivity index (χ1) is 16.7. The Labute approximate surface area is 208 Å². The van der Waals surface area contributed by atoms with Gasteiger partial charge in [0.15, 0.2) is 5.82 Å². The highest BCUT2D eigenvalue weighted by atomic mass is 35.5. The Balaban J connectivity index is 1.44. The molecule has 3 aliphatic rings. The van der Waals surface area contributed by atoms with Crippen molar-refractivity contribution >= 4 is 28.8 Å². The Morgan fingerprint density at radius 2 is 2.06 bits per heavy atom. The number of halogens is 1. The van der Waals surface area contributed by atoms with E-state index in [0.29, 0.717) is 32.8 Å². The molecule has 6 rings (SSSR count). The number of hydrogen-bond acceptors (Lipinski definition) is 6. The van der Waals surface area contributed by atoms with Crippen molar-refractivity contribution in [2.24, 2.45) is 5.92 Å². The van der Waals surface area contributed by atoms with E-state index in [-0.39, 0.29) is 17.9 Å². The minimum atomic E-state index is -0.0582. The molecule has 7 nitrogen and oxygen atoms in total. The highest BCUT2D eigenvalue weighted by molar-refractivity contribution is 7.15. The minimum Gasteiger partial charge on any atom is -0.378 e. The number of nitrogens with zero attached hydrogens (tertiary/aromatic N) is 4. The van der Waals surface area contributed by atoms with Crippen LogP contribution in [0.25, 0.3) is 5.00 Å². The predicted octanol–water partition coefficient (Wildman–Crippen LogP) is 3.70. The molecule has 1 unspecified atom stereocenters. The highest BCUT2D eigenvalue weighted by Gasteiger charge is 2.39. The van der Waals surface area contributed by atoms with Gasteiger partial charge in [-0.25, -0.2) is 0 Å². The van der Waals surface area contributed by atoms with Crippen LogP contribution in [0.5, 0.6) is 0 Å². The average Bonchev–Trinajstić information content (AvgIpc) is 3.51. The van der Waals surface area contributed by atoms with Crippen molar-refractivity contribution in [1.29, 1.82) is 0 Å². The Bertz CT molecular complexity index is 1230. The number of aromatic nitrogens is 3. The minimum absolute atomic E-state index is 0.00436. The topological polar surface area (TPSA) is 72.3 Å². The van der Waals surface area contributed by atoms with Crippen molar-refractivity contribution in [3.63, 3.8) is 0 Å². The van der Waals surface area contributed by atoms with Gasteiger partial charge in [-0.3, -0.25) is 14.7 Å². The number of carbonyl (C=O) groups is 1. The normalized spacial score (nSPS) is 21.6. The van der Waals surface area contributed by atoms with Crippen LogP contribution in [0.2, 0.25) is 5.02 Å². The summed E-state index contributed by atoms with van der Waals surface area (Å²) in [5.41, 5.74) is 3.60. The fraction of sp³-hybridized carbons (Fsp3) is 0.480. The number of benzene rings is 1. The predicted molar refractivity (Wildman–Crippen MR) is 132 cm³/mol. The van der Waals surface area contributed by atoms with Gasteiger partial charge < -0.3 is 9.64 Å². The zero-order chi connectivity index (χ0) is 23.2. The maximum Gasteiger partial charge on any atom is 0.226 e. The molecule has 4 heterocycles. The first-order valence-corrected chi connectivity index (χ1v) is 13.3. The van der Waals surface area contributed by atoms with E-state index in [1.807, 2.05) is 23.1 Å². The number of aryl methyl sites for hydroxylation is 1. The molecule has 0 spiro atoms. The van der Waals surface area contributed by atoms with Gasteiger partial charge in [-0.1, -0.05) is 36.7 Å². The zero-order valence-corrected chi connectivity index (χ0v) is 20.8. The lowest BCUT2D eigenvalue weighted by atomic mass is 9.94. The summed E-state index contributed by atoms with van der Waals surface area (Å²) in [6.45, 7) is 5.42. The van der Waals surface area contributed by atoms with Crippen LogP contribution in [0.15, 0.2) is 24.3 Å². The van der Waals surface area contributed by atoms with Crippen LogP contribution in [0.4, 0.5) is 0 Å². The molecule has 34 heavy (non-hydrogen) atoms. The van der Waals surface area contributed by atoms with Gasteiger partial charge >= 0.3 is 0 Å². The molecule has 2 aliphatic heterocycles. The monoisotopic (exact) mass is 497 g/mol. The fourth-order valence-electron chi connectivity index (χ4n) is 5.48. The molecule has 1 aliphatic carbocycles. The lowest BCUT2D eigenvalue weighted by Gasteiger charge is -2.29. The quantitative estimate of drug-likeness (QED) is 0.595. The smallest absolute Gasteiger partial charge is 0.226 e. The van der Waals surface area contributed by atoms with Crippen LogP contribution in [-0.2, 0) is 35.3 Å². The van der Waals surface area contributed by atoms with Crippen molar-refractivity contribution in [2.75, 3.05) is 26.3 Å². The molecule has 9 heteroatoms. The first-order valence-electron chi connectivity index (χ1n) is 12.1. The van der Waals surface area contributed by atoms with Gasteiger partial charge in [0.25, 0.3) is 0 Å². The van der Waals surface area contributed by atoms with Gasteiger partial charge in [-0.15, -0.1) is 21.5 Å². The lowest BCUT2D eigenvalue weighted by Crippen LogP contribution is -2.44. The molecular weight excluding hydrogens is 470 g/mol. The van der Waals surface area contributed by atoms with Crippen molar-refractivity contribution in [1.82, 2.24) is 25.0 Å². The maximum atomic E-state index is 13.3. The number of thiophene rings is 1. The number of amides is 1. The first kappa shape index (κ1) is 22.2. The third-order valence-corrected chi connectivity index (χ3v) is 8.71. The summed E-state index contributed by atoms with van der Waals surface area (Å²) in [7, 11) is 0. The molecule has 3 aromatic rings. The van der Waals surface area contributed by atoms with Crippen LogP contribution in [0, 0.1) is 5.92 Å². The molecule has 1 amide bonds. The molecule has 178 valence electrons. The molecule has 1 N–H and O–H groups in total. The van der Waals surface area contributed by atoms with Crippen LogP contribution < -0.4 is 5.32 Å². The van der Waals surface area contributed by atoms with E-state index < -0.39 is 0 Å². The van der Waals surface area contributed by atoms with Crippen LogP contribution in [0.1, 0.15) is 52.6 Å². The van der Waals surface area contributed by atoms with Gasteiger partial charge in [0.1, 0.15) is 10.8 Å². The summed E-state index contributed by atoms with van der Waals surface area (Å²) in [5, 5.41) is 14.7. The Kier molecular flexibility index (Phi) is 5.93. The van der Waals surface area contributed by atoms with E-state index in [4.69, 9.17) is 16.3 Å². The molecule has 1 saturated heterocycles. The van der Waals surface area contributed by atoms with E-state index in [1.54, 1.807) is 11.3 Å². The van der Waals surface area contributed by atoms with Crippen molar-refractivity contribution in [3.8, 4) is 5.00 Å². The second-order valence-electron chi connectivity index (χ2n) is 9.22. The van der Waals surface area contributed by atoms with Gasteiger partial charge in [-0.2, -0.15) is 0 Å². The van der Waals surface area contributed by atoms with Gasteiger partial charge in [0.05, 0.1) is 25.8 Å². The second-order valence-corrected chi connectivity index (χ2v) is 10.7. The van der Waals surface area contributed by atoms with E-state index in [2.05, 4.69) is 33.1 Å². The molecule has 0 saturated carbocycles. The Morgan fingerprint density at radius 3 is 2.85 bits per heavy atom. The number of fused-ring (bicyclic) bond motifs is 5. The van der Waals surface area contributed by atoms with E-state index in [0.717, 1.165) is 47.9 Å². The molecule has 2 atom stereocenters. The van der Waals surface area contributed by atoms with Crippen LogP contribution in [0.3, 0.4) is 0 Å². The SMILES string of the molecule is CCCc1nnc2n1-c1sc3c(c1[C@@H](c1ccccc1Cl)NC2)CC(C(=O)N1CCOCC1)C3. The van der Waals surface area contributed by atoms with Gasteiger partial charge in [-0.05, 0) is 36.5 Å². The van der Waals surface area contributed by atoms with Crippen molar-refractivity contribution < 1.29 is 9.53 Å². The highest BCUT2D eigenvalue weighted by Crippen LogP contribution is 2.47. The standard InChI is InChI=1S/C25H28ClN5O2S/c1-2-5-20-28-29-21-14-27-23(16-6-3-4-7-18(16)26)22-17-12-15(13-19(17)34-25(22)31(20)21)24(32)30-8-10-33-11-9-30/h3-4,6-7,15,23,27H,2,5,8-14H2,1H3/t15?,23-/m1/s1. The number of rotatable bonds is 4. The van der Waals surface area contributed by atoms with Gasteiger partial charge in [0, 0.05) is 40.9 Å². The molecular formula is C25H28ClN5O2S. The van der Waals surface area contributed by atoms with E-state index in [9.17, 15) is 4.79 Å². The number of morpholine rings is 1. The molecule has 0 bridgehead atoms. The fourth-order valence-corrected chi connectivity index (χ4v) is 7.21. The number of nitrogens with one attached hydrogen (secondary N) is 1. The summed E-state index contributed by atoms with van der Waals surface area (Å²) >= 11 is 8.50. The lowest BCUT2D eigenvalue weighted by molar-refractivity contribution is -0.139. The molecule has 2 aromatic heterocycles. The summed E-state index contributed by atoms with van der Waals surface area (Å²) in [5.74, 6) is 2.18. The number of hydrogen-bond donors (Lipinski definition) is 1. The second kappa shape index (κ2) is 9.07. The summed E-state index contributed by atoms with van der Waals surface area (Å²) in [4.78, 5) is 16.6.